The summed E-state index contributed by atoms with van der Waals surface area (Å²) in [7, 11) is 0. The molecule has 3 atom stereocenters. The maximum atomic E-state index is 12.9. The summed E-state index contributed by atoms with van der Waals surface area (Å²) in [6.07, 6.45) is 0.392. The van der Waals surface area contributed by atoms with Crippen molar-refractivity contribution in [3.63, 3.8) is 0 Å². The molecule has 3 unspecified atom stereocenters. The van der Waals surface area contributed by atoms with Crippen LogP contribution in [-0.4, -0.2) is 42.2 Å². The van der Waals surface area contributed by atoms with Gasteiger partial charge in [0.25, 0.3) is 0 Å². The zero-order valence-electron chi connectivity index (χ0n) is 16.7. The van der Waals surface area contributed by atoms with E-state index in [2.05, 4.69) is 20.4 Å². The number of anilines is 2. The van der Waals surface area contributed by atoms with E-state index < -0.39 is 24.1 Å². The third kappa shape index (κ3) is 4.70. The van der Waals surface area contributed by atoms with Crippen molar-refractivity contribution < 1.29 is 23.4 Å². The Kier molecular flexibility index (Phi) is 5.67. The highest BCUT2D eigenvalue weighted by atomic mass is 19.4. The Labute approximate surface area is 176 Å². The van der Waals surface area contributed by atoms with Gasteiger partial charge in [-0.05, 0) is 55.5 Å². The van der Waals surface area contributed by atoms with Gasteiger partial charge in [-0.25, -0.2) is 9.97 Å². The van der Waals surface area contributed by atoms with Gasteiger partial charge in [-0.15, -0.1) is 0 Å². The van der Waals surface area contributed by atoms with Crippen LogP contribution in [0.25, 0.3) is 11.1 Å². The Morgan fingerprint density at radius 3 is 2.71 bits per heavy atom. The molecule has 0 bridgehead atoms. The molecule has 0 spiro atoms. The minimum Gasteiger partial charge on any atom is -0.390 e. The Morgan fingerprint density at radius 1 is 1.13 bits per heavy atom. The van der Waals surface area contributed by atoms with Gasteiger partial charge in [0.1, 0.15) is 11.8 Å². The number of aliphatic hydroxyl groups is 2. The van der Waals surface area contributed by atoms with Crippen molar-refractivity contribution >= 4 is 11.6 Å². The van der Waals surface area contributed by atoms with E-state index in [0.29, 0.717) is 18.5 Å². The van der Waals surface area contributed by atoms with Gasteiger partial charge in [0.05, 0.1) is 18.3 Å². The molecule has 2 aromatic heterocycles. The van der Waals surface area contributed by atoms with Crippen LogP contribution in [0.2, 0.25) is 0 Å². The molecule has 31 heavy (non-hydrogen) atoms. The van der Waals surface area contributed by atoms with Gasteiger partial charge < -0.3 is 15.5 Å². The van der Waals surface area contributed by atoms with E-state index in [4.69, 9.17) is 0 Å². The average molecular weight is 433 g/mol. The minimum absolute atomic E-state index is 0.151. The first-order valence-electron chi connectivity index (χ1n) is 9.90. The molecular formula is C21H22F3N5O2. The summed E-state index contributed by atoms with van der Waals surface area (Å²) < 4.78 is 40.4. The average Bonchev–Trinajstić information content (AvgIpc) is 3.19. The second-order valence-electron chi connectivity index (χ2n) is 7.74. The van der Waals surface area contributed by atoms with E-state index in [9.17, 15) is 23.4 Å². The maximum Gasteiger partial charge on any atom is 0.433 e. The lowest BCUT2D eigenvalue weighted by Crippen LogP contribution is -2.38. The number of aromatic nitrogens is 4. The largest absolute Gasteiger partial charge is 0.433 e. The van der Waals surface area contributed by atoms with Crippen molar-refractivity contribution in [3.05, 3.63) is 54.1 Å². The van der Waals surface area contributed by atoms with Gasteiger partial charge in [-0.3, -0.25) is 4.68 Å². The lowest BCUT2D eigenvalue weighted by molar-refractivity contribution is -0.141. The predicted octanol–water partition coefficient (Wildman–Crippen LogP) is 3.86. The van der Waals surface area contributed by atoms with Gasteiger partial charge in [-0.2, -0.15) is 18.3 Å². The lowest BCUT2D eigenvalue weighted by atomic mass is 9.90. The first-order valence-corrected chi connectivity index (χ1v) is 9.90. The number of alkyl halides is 3. The third-order valence-corrected chi connectivity index (χ3v) is 5.34. The number of rotatable bonds is 4. The Bertz CT molecular complexity index is 1070. The van der Waals surface area contributed by atoms with Crippen molar-refractivity contribution in [1.29, 1.82) is 0 Å². The van der Waals surface area contributed by atoms with Crippen molar-refractivity contribution in [3.8, 4) is 11.1 Å². The summed E-state index contributed by atoms with van der Waals surface area (Å²) in [5, 5.41) is 27.4. The number of aliphatic hydroxyl groups excluding tert-OH is 2. The number of benzene rings is 1. The molecule has 0 amide bonds. The fourth-order valence-electron chi connectivity index (χ4n) is 3.82. The zero-order chi connectivity index (χ0) is 22.2. The molecule has 0 aliphatic heterocycles. The summed E-state index contributed by atoms with van der Waals surface area (Å²) in [5.41, 5.74) is 1.98. The monoisotopic (exact) mass is 433 g/mol. The molecule has 1 aromatic carbocycles. The van der Waals surface area contributed by atoms with E-state index in [1.165, 1.54) is 0 Å². The van der Waals surface area contributed by atoms with Crippen molar-refractivity contribution in [2.24, 2.45) is 0 Å². The molecule has 2 heterocycles. The van der Waals surface area contributed by atoms with E-state index in [1.54, 1.807) is 29.2 Å². The van der Waals surface area contributed by atoms with Crippen LogP contribution >= 0.6 is 0 Å². The number of hydrogen-bond donors (Lipinski definition) is 3. The fraction of sp³-hybridized carbons (Fsp3) is 0.381. The smallest absolute Gasteiger partial charge is 0.390 e. The number of aryl methyl sites for hydroxylation is 1. The normalized spacial score (nSPS) is 21.8. The molecular weight excluding hydrogens is 411 g/mol. The lowest BCUT2D eigenvalue weighted by Gasteiger charge is -2.31. The summed E-state index contributed by atoms with van der Waals surface area (Å²) in [6.45, 7) is 1.87. The first kappa shape index (κ1) is 21.3. The molecule has 0 radical (unpaired) electrons. The summed E-state index contributed by atoms with van der Waals surface area (Å²) >= 11 is 0. The Morgan fingerprint density at radius 2 is 1.94 bits per heavy atom. The van der Waals surface area contributed by atoms with Gasteiger partial charge in [0.2, 0.25) is 5.95 Å². The van der Waals surface area contributed by atoms with Crippen molar-refractivity contribution in [1.82, 2.24) is 19.7 Å². The molecule has 3 N–H and O–H groups in total. The van der Waals surface area contributed by atoms with E-state index >= 15 is 0 Å². The van der Waals surface area contributed by atoms with E-state index in [0.717, 1.165) is 35.4 Å². The highest BCUT2D eigenvalue weighted by molar-refractivity contribution is 5.70. The standard InChI is InChI=1S/C21H22F3N5O2/c1-12-7-13(14-10-26-29(11-14)16-3-2-4-17(30)19(16)31)9-15(8-12)27-20-25-6-5-18(28-20)21(22,23)24/h5-11,16-17,19,30-31H,2-4H2,1H3,(H,25,27,28). The summed E-state index contributed by atoms with van der Waals surface area (Å²) in [4.78, 5) is 7.41. The molecule has 3 aromatic rings. The van der Waals surface area contributed by atoms with Crippen LogP contribution in [-0.2, 0) is 6.18 Å². The van der Waals surface area contributed by atoms with Gasteiger partial charge in [0, 0.05) is 23.6 Å². The minimum atomic E-state index is -4.55. The summed E-state index contributed by atoms with van der Waals surface area (Å²) in [5.74, 6) is -0.151. The topological polar surface area (TPSA) is 96.1 Å². The van der Waals surface area contributed by atoms with Crippen LogP contribution in [0.15, 0.2) is 42.9 Å². The number of hydrogen-bond acceptors (Lipinski definition) is 6. The van der Waals surface area contributed by atoms with E-state index in [-0.39, 0.29) is 12.0 Å². The molecule has 0 saturated heterocycles. The molecule has 10 heteroatoms. The molecule has 1 aliphatic rings. The van der Waals surface area contributed by atoms with Crippen LogP contribution in [0.1, 0.15) is 36.6 Å². The molecule has 7 nitrogen and oxygen atoms in total. The first-order chi connectivity index (χ1) is 14.7. The summed E-state index contributed by atoms with van der Waals surface area (Å²) in [6, 6.07) is 5.98. The Hall–Kier alpha value is -2.98. The van der Waals surface area contributed by atoms with Crippen molar-refractivity contribution in [2.45, 2.75) is 50.6 Å². The highest BCUT2D eigenvalue weighted by Crippen LogP contribution is 2.32. The third-order valence-electron chi connectivity index (χ3n) is 5.34. The Balaban J connectivity index is 1.59. The number of nitrogens with one attached hydrogen (secondary N) is 1. The van der Waals surface area contributed by atoms with Gasteiger partial charge in [0.15, 0.2) is 0 Å². The molecule has 1 aliphatic carbocycles. The predicted molar refractivity (Wildman–Crippen MR) is 108 cm³/mol. The molecule has 1 saturated carbocycles. The highest BCUT2D eigenvalue weighted by Gasteiger charge is 2.33. The van der Waals surface area contributed by atoms with E-state index in [1.807, 2.05) is 13.0 Å². The fourth-order valence-corrected chi connectivity index (χ4v) is 3.82. The maximum absolute atomic E-state index is 12.9. The second kappa shape index (κ2) is 8.27. The van der Waals surface area contributed by atoms with Crippen LogP contribution < -0.4 is 5.32 Å². The van der Waals surface area contributed by atoms with Crippen molar-refractivity contribution in [2.75, 3.05) is 5.32 Å². The van der Waals surface area contributed by atoms with Crippen LogP contribution in [0, 0.1) is 6.92 Å². The SMILES string of the molecule is Cc1cc(Nc2nccc(C(F)(F)F)n2)cc(-c2cnn(C3CCCC(O)C3O)c2)c1. The molecule has 1 fully saturated rings. The van der Waals surface area contributed by atoms with Crippen LogP contribution in [0.5, 0.6) is 0 Å². The molecule has 4 rings (SSSR count). The second-order valence-corrected chi connectivity index (χ2v) is 7.74. The van der Waals surface area contributed by atoms with Gasteiger partial charge in [-0.1, -0.05) is 6.07 Å². The number of halogens is 3. The number of nitrogens with zero attached hydrogens (tertiary/aromatic N) is 4. The molecule has 164 valence electrons. The zero-order valence-corrected chi connectivity index (χ0v) is 16.7. The van der Waals surface area contributed by atoms with Crippen LogP contribution in [0.3, 0.4) is 0 Å². The van der Waals surface area contributed by atoms with Gasteiger partial charge >= 0.3 is 6.18 Å². The van der Waals surface area contributed by atoms with Crippen LogP contribution in [0.4, 0.5) is 24.8 Å². The quantitative estimate of drug-likeness (QED) is 0.578.